The monoisotopic (exact) mass is 408 g/mol. The number of thioether (sulfide) groups is 1. The first-order chi connectivity index (χ1) is 13.6. The van der Waals surface area contributed by atoms with Crippen molar-refractivity contribution in [2.24, 2.45) is 0 Å². The zero-order valence-electron chi connectivity index (χ0n) is 15.6. The van der Waals surface area contributed by atoms with Gasteiger partial charge in [0, 0.05) is 40.0 Å². The van der Waals surface area contributed by atoms with Crippen LogP contribution in [0.1, 0.15) is 21.5 Å². The summed E-state index contributed by atoms with van der Waals surface area (Å²) < 4.78 is 0. The summed E-state index contributed by atoms with van der Waals surface area (Å²) >= 11 is 8.01. The van der Waals surface area contributed by atoms with E-state index in [0.29, 0.717) is 16.3 Å². The topological polar surface area (TPSA) is 32.3 Å². The molecule has 0 fully saturated rings. The molecule has 1 aliphatic rings. The molecule has 0 radical (unpaired) electrons. The van der Waals surface area contributed by atoms with Crippen molar-refractivity contribution in [3.05, 3.63) is 88.4 Å². The molecule has 0 saturated carbocycles. The number of carbonyl (C=O) groups excluding carboxylic acids is 1. The molecule has 0 atom stereocenters. The van der Waals surface area contributed by atoms with Gasteiger partial charge in [0.05, 0.1) is 5.69 Å². The first-order valence-electron chi connectivity index (χ1n) is 9.23. The highest BCUT2D eigenvalue weighted by Crippen LogP contribution is 2.36. The van der Waals surface area contributed by atoms with E-state index in [1.165, 1.54) is 10.5 Å². The zero-order chi connectivity index (χ0) is 19.5. The van der Waals surface area contributed by atoms with Crippen molar-refractivity contribution in [1.29, 1.82) is 0 Å². The minimum Gasteiger partial charge on any atom is -0.365 e. The summed E-state index contributed by atoms with van der Waals surface area (Å²) in [6, 6.07) is 21.9. The maximum Gasteiger partial charge on any atom is 0.255 e. The number of rotatable bonds is 4. The van der Waals surface area contributed by atoms with Crippen LogP contribution in [0.5, 0.6) is 0 Å². The van der Waals surface area contributed by atoms with E-state index in [0.717, 1.165) is 30.1 Å². The van der Waals surface area contributed by atoms with E-state index in [-0.39, 0.29) is 5.91 Å². The van der Waals surface area contributed by atoms with Crippen molar-refractivity contribution in [2.75, 3.05) is 22.5 Å². The van der Waals surface area contributed by atoms with Crippen molar-refractivity contribution in [1.82, 2.24) is 0 Å². The molecule has 1 aliphatic heterocycles. The van der Waals surface area contributed by atoms with Gasteiger partial charge >= 0.3 is 0 Å². The van der Waals surface area contributed by atoms with E-state index in [1.54, 1.807) is 6.07 Å². The van der Waals surface area contributed by atoms with Crippen LogP contribution in [0.15, 0.2) is 71.6 Å². The SMILES string of the molecule is Cc1ccc(NC(=O)c2ccc3c(c2)N(Cc2ccccc2)CCS3)cc1Cl. The van der Waals surface area contributed by atoms with Crippen LogP contribution in [0.25, 0.3) is 0 Å². The van der Waals surface area contributed by atoms with Crippen LogP contribution in [-0.2, 0) is 6.54 Å². The predicted octanol–water partition coefficient (Wildman–Crippen LogP) is 6.01. The van der Waals surface area contributed by atoms with Gasteiger partial charge in [-0.3, -0.25) is 4.79 Å². The number of nitrogens with one attached hydrogen (secondary N) is 1. The van der Waals surface area contributed by atoms with Crippen LogP contribution < -0.4 is 10.2 Å². The predicted molar refractivity (Wildman–Crippen MR) is 119 cm³/mol. The van der Waals surface area contributed by atoms with Gasteiger partial charge in [0.1, 0.15) is 0 Å². The molecule has 3 aromatic rings. The lowest BCUT2D eigenvalue weighted by Gasteiger charge is -2.31. The third-order valence-corrected chi connectivity index (χ3v) is 6.28. The highest BCUT2D eigenvalue weighted by atomic mass is 35.5. The smallest absolute Gasteiger partial charge is 0.255 e. The van der Waals surface area contributed by atoms with E-state index < -0.39 is 0 Å². The van der Waals surface area contributed by atoms with Crippen molar-refractivity contribution in [2.45, 2.75) is 18.4 Å². The number of benzene rings is 3. The lowest BCUT2D eigenvalue weighted by atomic mass is 10.1. The lowest BCUT2D eigenvalue weighted by molar-refractivity contribution is 0.102. The summed E-state index contributed by atoms with van der Waals surface area (Å²) in [5.74, 6) is 0.922. The van der Waals surface area contributed by atoms with Crippen LogP contribution in [-0.4, -0.2) is 18.2 Å². The highest BCUT2D eigenvalue weighted by molar-refractivity contribution is 7.99. The van der Waals surface area contributed by atoms with Crippen LogP contribution in [0, 0.1) is 6.92 Å². The van der Waals surface area contributed by atoms with E-state index in [1.807, 2.05) is 55.1 Å². The number of hydrogen-bond donors (Lipinski definition) is 1. The normalized spacial score (nSPS) is 13.1. The Morgan fingerprint density at radius 3 is 2.71 bits per heavy atom. The molecule has 142 valence electrons. The highest BCUT2D eigenvalue weighted by Gasteiger charge is 2.20. The number of halogens is 1. The molecule has 0 bridgehead atoms. The van der Waals surface area contributed by atoms with Gasteiger partial charge in [0.15, 0.2) is 0 Å². The largest absolute Gasteiger partial charge is 0.365 e. The van der Waals surface area contributed by atoms with Crippen molar-refractivity contribution < 1.29 is 4.79 Å². The first-order valence-corrected chi connectivity index (χ1v) is 10.6. The Hall–Kier alpha value is -2.43. The molecular weight excluding hydrogens is 388 g/mol. The quantitative estimate of drug-likeness (QED) is 0.573. The van der Waals surface area contributed by atoms with Crippen LogP contribution in [0.4, 0.5) is 11.4 Å². The Balaban J connectivity index is 1.57. The molecule has 0 aromatic heterocycles. The fourth-order valence-corrected chi connectivity index (χ4v) is 4.47. The Bertz CT molecular complexity index is 1010. The number of carbonyl (C=O) groups is 1. The van der Waals surface area contributed by atoms with E-state index in [4.69, 9.17) is 11.6 Å². The van der Waals surface area contributed by atoms with E-state index in [9.17, 15) is 4.79 Å². The summed E-state index contributed by atoms with van der Waals surface area (Å²) in [5.41, 5.74) is 4.73. The molecule has 0 aliphatic carbocycles. The average Bonchev–Trinajstić information content (AvgIpc) is 2.71. The fraction of sp³-hybridized carbons (Fsp3) is 0.174. The fourth-order valence-electron chi connectivity index (χ4n) is 3.26. The number of anilines is 2. The Kier molecular flexibility index (Phi) is 5.60. The molecule has 5 heteroatoms. The van der Waals surface area contributed by atoms with Gasteiger partial charge in [-0.2, -0.15) is 0 Å². The summed E-state index contributed by atoms with van der Waals surface area (Å²) in [6.45, 7) is 3.74. The Morgan fingerprint density at radius 1 is 1.11 bits per heavy atom. The summed E-state index contributed by atoms with van der Waals surface area (Å²) in [7, 11) is 0. The molecule has 4 rings (SSSR count). The van der Waals surface area contributed by atoms with E-state index >= 15 is 0 Å². The third-order valence-electron chi connectivity index (χ3n) is 4.83. The van der Waals surface area contributed by atoms with Gasteiger partial charge in [0.2, 0.25) is 0 Å². The second-order valence-corrected chi connectivity index (χ2v) is 8.40. The second-order valence-electron chi connectivity index (χ2n) is 6.86. The molecule has 0 unspecified atom stereocenters. The summed E-state index contributed by atoms with van der Waals surface area (Å²) in [6.07, 6.45) is 0. The van der Waals surface area contributed by atoms with Gasteiger partial charge in [0.25, 0.3) is 5.91 Å². The van der Waals surface area contributed by atoms with E-state index in [2.05, 4.69) is 34.5 Å². The second kappa shape index (κ2) is 8.29. The maximum absolute atomic E-state index is 12.8. The van der Waals surface area contributed by atoms with Crippen LogP contribution in [0.2, 0.25) is 5.02 Å². The molecule has 0 saturated heterocycles. The number of fused-ring (bicyclic) bond motifs is 1. The van der Waals surface area contributed by atoms with Gasteiger partial charge in [-0.25, -0.2) is 0 Å². The number of nitrogens with zero attached hydrogens (tertiary/aromatic N) is 1. The Labute approximate surface area is 174 Å². The molecule has 3 aromatic carbocycles. The third kappa shape index (κ3) is 4.18. The molecule has 3 nitrogen and oxygen atoms in total. The van der Waals surface area contributed by atoms with Crippen molar-refractivity contribution in [3.8, 4) is 0 Å². The zero-order valence-corrected chi connectivity index (χ0v) is 17.2. The maximum atomic E-state index is 12.8. The number of amides is 1. The van der Waals surface area contributed by atoms with Crippen molar-refractivity contribution in [3.63, 3.8) is 0 Å². The summed E-state index contributed by atoms with van der Waals surface area (Å²) in [5, 5.41) is 3.60. The molecular formula is C23H21ClN2OS. The minimum absolute atomic E-state index is 0.127. The van der Waals surface area contributed by atoms with Gasteiger partial charge < -0.3 is 10.2 Å². The van der Waals surface area contributed by atoms with Gasteiger partial charge in [-0.1, -0.05) is 48.0 Å². The first kappa shape index (κ1) is 18.9. The molecule has 28 heavy (non-hydrogen) atoms. The van der Waals surface area contributed by atoms with Crippen LogP contribution in [0.3, 0.4) is 0 Å². The van der Waals surface area contributed by atoms with Gasteiger partial charge in [-0.15, -0.1) is 11.8 Å². The average molecular weight is 409 g/mol. The molecule has 1 heterocycles. The molecule has 1 N–H and O–H groups in total. The lowest BCUT2D eigenvalue weighted by Crippen LogP contribution is -2.29. The molecule has 1 amide bonds. The standard InChI is InChI=1S/C23H21ClN2OS/c1-16-7-9-19(14-20(16)24)25-23(27)18-8-10-22-21(13-18)26(11-12-28-22)15-17-5-3-2-4-6-17/h2-10,13-14H,11-12,15H2,1H3,(H,25,27). The Morgan fingerprint density at radius 2 is 1.93 bits per heavy atom. The summed E-state index contributed by atoms with van der Waals surface area (Å²) in [4.78, 5) is 16.3. The van der Waals surface area contributed by atoms with Crippen molar-refractivity contribution >= 4 is 40.6 Å². The van der Waals surface area contributed by atoms with Crippen LogP contribution >= 0.6 is 23.4 Å². The molecule has 0 spiro atoms. The minimum atomic E-state index is -0.127. The number of aryl methyl sites for hydroxylation is 1. The van der Waals surface area contributed by atoms with Gasteiger partial charge in [-0.05, 0) is 48.4 Å². The number of hydrogen-bond acceptors (Lipinski definition) is 3.